The highest BCUT2D eigenvalue weighted by atomic mass is 19.1. The van der Waals surface area contributed by atoms with E-state index in [0.717, 1.165) is 53.5 Å². The summed E-state index contributed by atoms with van der Waals surface area (Å²) in [6.45, 7) is 5.42. The molecule has 156 valence electrons. The van der Waals surface area contributed by atoms with E-state index in [0.29, 0.717) is 11.4 Å². The summed E-state index contributed by atoms with van der Waals surface area (Å²) in [7, 11) is 1.46. The first-order valence-electron chi connectivity index (χ1n) is 10.4. The summed E-state index contributed by atoms with van der Waals surface area (Å²) < 4.78 is 14.7. The summed E-state index contributed by atoms with van der Waals surface area (Å²) in [4.78, 5) is 8.60. The van der Waals surface area contributed by atoms with Gasteiger partial charge >= 0.3 is 7.05 Å². The Morgan fingerprint density at radius 3 is 2.83 bits per heavy atom. The maximum absolute atomic E-state index is 14.7. The molecule has 7 heteroatoms. The smallest absolute Gasteiger partial charge is 0.376 e. The van der Waals surface area contributed by atoms with Crippen LogP contribution in [-0.4, -0.2) is 48.0 Å². The maximum Gasteiger partial charge on any atom is 0.376 e. The van der Waals surface area contributed by atoms with E-state index in [9.17, 15) is 9.41 Å². The van der Waals surface area contributed by atoms with Crippen molar-refractivity contribution >= 4 is 29.3 Å². The highest BCUT2D eigenvalue weighted by Gasteiger charge is 2.28. The standard InChI is InChI=1S/C23H28BFN4O/c1-15-6-4-8-20(25)23(15)16-10-17-13-27-22(26)12-19(17)21(11-16)29-9-5-7-18(14-29)28(3)24(2)30/h4,6,8,10-13,18,30H,5,7,9,14H2,1-3H3,(H2,26,27)/t18-/m0/s1. The van der Waals surface area contributed by atoms with Crippen molar-refractivity contribution in [2.24, 2.45) is 0 Å². The van der Waals surface area contributed by atoms with Crippen LogP contribution in [0, 0.1) is 12.7 Å². The van der Waals surface area contributed by atoms with Crippen LogP contribution in [0.25, 0.3) is 21.9 Å². The van der Waals surface area contributed by atoms with Crippen molar-refractivity contribution in [3.8, 4) is 11.1 Å². The molecule has 0 unspecified atom stereocenters. The zero-order valence-electron chi connectivity index (χ0n) is 17.8. The molecule has 0 bridgehead atoms. The Bertz CT molecular complexity index is 1050. The number of nitrogens with two attached hydrogens (primary N) is 1. The van der Waals surface area contributed by atoms with Crippen molar-refractivity contribution in [1.29, 1.82) is 0 Å². The molecule has 30 heavy (non-hydrogen) atoms. The number of rotatable bonds is 4. The molecule has 2 aromatic carbocycles. The Morgan fingerprint density at radius 1 is 1.30 bits per heavy atom. The summed E-state index contributed by atoms with van der Waals surface area (Å²) in [5.74, 6) is 0.238. The van der Waals surface area contributed by atoms with Crippen molar-refractivity contribution in [3.05, 3.63) is 54.0 Å². The number of hydrogen-bond donors (Lipinski definition) is 2. The van der Waals surface area contributed by atoms with E-state index in [4.69, 9.17) is 5.73 Å². The lowest BCUT2D eigenvalue weighted by Gasteiger charge is -2.40. The van der Waals surface area contributed by atoms with Crippen LogP contribution in [0.3, 0.4) is 0 Å². The van der Waals surface area contributed by atoms with Crippen LogP contribution in [0.15, 0.2) is 42.6 Å². The van der Waals surface area contributed by atoms with Crippen LogP contribution in [0.1, 0.15) is 18.4 Å². The molecule has 2 heterocycles. The Kier molecular flexibility index (Phi) is 5.67. The number of nitrogen functional groups attached to an aromatic ring is 1. The number of benzene rings is 2. The second kappa shape index (κ2) is 8.24. The number of aryl methyl sites for hydroxylation is 1. The van der Waals surface area contributed by atoms with E-state index in [-0.39, 0.29) is 11.9 Å². The van der Waals surface area contributed by atoms with Gasteiger partial charge in [-0.3, -0.25) is 0 Å². The molecule has 4 rings (SSSR count). The lowest BCUT2D eigenvalue weighted by Crippen LogP contribution is -2.51. The molecule has 1 saturated heterocycles. The second-order valence-corrected chi connectivity index (χ2v) is 8.30. The Balaban J connectivity index is 1.85. The lowest BCUT2D eigenvalue weighted by atomic mass is 9.82. The molecule has 0 spiro atoms. The highest BCUT2D eigenvalue weighted by molar-refractivity contribution is 6.45. The predicted molar refractivity (Wildman–Crippen MR) is 123 cm³/mol. The lowest BCUT2D eigenvalue weighted by molar-refractivity contribution is 0.291. The molecule has 3 N–H and O–H groups in total. The molecular formula is C23H28BFN4O. The summed E-state index contributed by atoms with van der Waals surface area (Å²) in [6, 6.07) is 11.4. The number of pyridine rings is 1. The van der Waals surface area contributed by atoms with Gasteiger partial charge in [-0.1, -0.05) is 12.1 Å². The molecule has 0 amide bonds. The molecule has 1 aliphatic heterocycles. The minimum Gasteiger partial charge on any atom is -0.437 e. The number of likely N-dealkylation sites (N-methyl/N-ethyl adjacent to an activating group) is 1. The largest absolute Gasteiger partial charge is 0.437 e. The molecule has 1 aromatic heterocycles. The van der Waals surface area contributed by atoms with Gasteiger partial charge in [0.15, 0.2) is 0 Å². The van der Waals surface area contributed by atoms with E-state index < -0.39 is 7.05 Å². The van der Waals surface area contributed by atoms with Gasteiger partial charge in [-0.15, -0.1) is 0 Å². The normalized spacial score (nSPS) is 17.0. The molecule has 0 saturated carbocycles. The molecule has 0 radical (unpaired) electrons. The van der Waals surface area contributed by atoms with Gasteiger partial charge in [0.1, 0.15) is 11.6 Å². The molecule has 1 fully saturated rings. The van der Waals surface area contributed by atoms with Gasteiger partial charge < -0.3 is 20.5 Å². The Labute approximate surface area is 177 Å². The molecule has 1 aliphatic rings. The molecule has 5 nitrogen and oxygen atoms in total. The quantitative estimate of drug-likeness (QED) is 0.643. The summed E-state index contributed by atoms with van der Waals surface area (Å²) in [5, 5.41) is 12.0. The van der Waals surface area contributed by atoms with E-state index >= 15 is 0 Å². The van der Waals surface area contributed by atoms with Gasteiger partial charge in [-0.2, -0.15) is 0 Å². The molecule has 1 atom stereocenters. The van der Waals surface area contributed by atoms with Crippen LogP contribution in [0.4, 0.5) is 15.9 Å². The van der Waals surface area contributed by atoms with E-state index in [1.807, 2.05) is 37.0 Å². The molecule has 0 aliphatic carbocycles. The predicted octanol–water partition coefficient (Wildman–Crippen LogP) is 3.94. The third kappa shape index (κ3) is 3.87. The van der Waals surface area contributed by atoms with Crippen LogP contribution in [0.5, 0.6) is 0 Å². The molecule has 3 aromatic rings. The number of fused-ring (bicyclic) bond motifs is 1. The first-order valence-corrected chi connectivity index (χ1v) is 10.4. The number of hydrogen-bond acceptors (Lipinski definition) is 5. The summed E-state index contributed by atoms with van der Waals surface area (Å²) in [6.07, 6.45) is 3.82. The first-order chi connectivity index (χ1) is 14.3. The first kappa shape index (κ1) is 20.6. The summed E-state index contributed by atoms with van der Waals surface area (Å²) >= 11 is 0. The number of aromatic nitrogens is 1. The third-order valence-electron chi connectivity index (χ3n) is 6.25. The zero-order valence-corrected chi connectivity index (χ0v) is 17.8. The van der Waals surface area contributed by atoms with Gasteiger partial charge in [0.25, 0.3) is 0 Å². The van der Waals surface area contributed by atoms with Crippen molar-refractivity contribution in [1.82, 2.24) is 9.79 Å². The highest BCUT2D eigenvalue weighted by Crippen LogP contribution is 2.37. The monoisotopic (exact) mass is 406 g/mol. The number of anilines is 2. The minimum atomic E-state index is -0.501. The zero-order chi connectivity index (χ0) is 21.4. The Morgan fingerprint density at radius 2 is 2.10 bits per heavy atom. The number of nitrogens with zero attached hydrogens (tertiary/aromatic N) is 3. The topological polar surface area (TPSA) is 65.6 Å². The van der Waals surface area contributed by atoms with E-state index in [2.05, 4.69) is 16.0 Å². The van der Waals surface area contributed by atoms with Gasteiger partial charge in [0, 0.05) is 47.4 Å². The fourth-order valence-corrected chi connectivity index (χ4v) is 4.47. The van der Waals surface area contributed by atoms with Crippen molar-refractivity contribution in [3.63, 3.8) is 0 Å². The maximum atomic E-state index is 14.7. The van der Waals surface area contributed by atoms with E-state index in [1.54, 1.807) is 19.1 Å². The van der Waals surface area contributed by atoms with Crippen LogP contribution in [-0.2, 0) is 0 Å². The van der Waals surface area contributed by atoms with Crippen molar-refractivity contribution < 1.29 is 9.41 Å². The number of halogens is 1. The van der Waals surface area contributed by atoms with Crippen LogP contribution >= 0.6 is 0 Å². The fraction of sp³-hybridized carbons (Fsp3) is 0.348. The SMILES string of the molecule is CB(O)N(C)[C@H]1CCCN(c2cc(-c3c(C)cccc3F)cc3cnc(N)cc23)C1. The minimum absolute atomic E-state index is 0.228. The van der Waals surface area contributed by atoms with Crippen LogP contribution < -0.4 is 10.6 Å². The summed E-state index contributed by atoms with van der Waals surface area (Å²) in [5.41, 5.74) is 9.39. The van der Waals surface area contributed by atoms with Gasteiger partial charge in [-0.05, 0) is 69.0 Å². The third-order valence-corrected chi connectivity index (χ3v) is 6.25. The van der Waals surface area contributed by atoms with Crippen molar-refractivity contribution in [2.75, 3.05) is 30.8 Å². The van der Waals surface area contributed by atoms with Crippen molar-refractivity contribution in [2.45, 2.75) is 32.6 Å². The van der Waals surface area contributed by atoms with Crippen LogP contribution in [0.2, 0.25) is 6.82 Å². The average Bonchev–Trinajstić information content (AvgIpc) is 2.72. The second-order valence-electron chi connectivity index (χ2n) is 8.30. The molecular weight excluding hydrogens is 378 g/mol. The number of piperidine rings is 1. The Hall–Kier alpha value is -2.64. The van der Waals surface area contributed by atoms with Gasteiger partial charge in [-0.25, -0.2) is 9.37 Å². The van der Waals surface area contributed by atoms with Gasteiger partial charge in [0.2, 0.25) is 0 Å². The van der Waals surface area contributed by atoms with E-state index in [1.165, 1.54) is 6.07 Å². The average molecular weight is 406 g/mol. The fourth-order valence-electron chi connectivity index (χ4n) is 4.47. The van der Waals surface area contributed by atoms with Gasteiger partial charge in [0.05, 0.1) is 0 Å².